The van der Waals surface area contributed by atoms with Gasteiger partial charge in [0.25, 0.3) is 0 Å². The van der Waals surface area contributed by atoms with Gasteiger partial charge in [0.1, 0.15) is 0 Å². The third kappa shape index (κ3) is 7.80. The molecule has 3 heterocycles. The Labute approximate surface area is 394 Å². The fourth-order valence-corrected chi connectivity index (χ4v) is 10.5. The minimum Gasteiger partial charge on any atom is -0.246 e. The summed E-state index contributed by atoms with van der Waals surface area (Å²) in [5.74, 6) is 0.699. The Morgan fingerprint density at radius 1 is 0.284 bits per heavy atom. The van der Waals surface area contributed by atoms with Crippen LogP contribution in [0.25, 0.3) is 121 Å². The van der Waals surface area contributed by atoms with Gasteiger partial charge < -0.3 is 0 Å². The fraction of sp³-hybridized carbons (Fsp3) is 0. The Morgan fingerprint density at radius 3 is 1.33 bits per heavy atom. The highest BCUT2D eigenvalue weighted by Crippen LogP contribution is 2.51. The van der Waals surface area contributed by atoms with E-state index >= 15 is 0 Å². The summed E-state index contributed by atoms with van der Waals surface area (Å²) in [5, 5.41) is 2.35. The standard InChI is InChI=1S/C63H41N3S/c1-6-20-42(21-7-1)51-38-52(43-22-8-2-9-23-43)40-53(39-51)61-58(59-54-34-16-17-35-55(54)64-60(62(59)67-61)45-26-12-4-13-27-45)50-33-19-31-48(37-50)47-30-18-32-49(36-47)57-41-56(44-24-10-3-11-25-44)65-63(66-57)46-28-14-5-15-29-46/h1-41H. The van der Waals surface area contributed by atoms with Crippen LogP contribution in [0.1, 0.15) is 0 Å². The molecule has 3 nitrogen and oxygen atoms in total. The van der Waals surface area contributed by atoms with Crippen LogP contribution < -0.4 is 0 Å². The molecule has 0 radical (unpaired) electrons. The van der Waals surface area contributed by atoms with Crippen LogP contribution in [-0.4, -0.2) is 15.0 Å². The number of rotatable bonds is 9. The van der Waals surface area contributed by atoms with Gasteiger partial charge in [-0.15, -0.1) is 11.3 Å². The minimum atomic E-state index is 0.699. The predicted molar refractivity (Wildman–Crippen MR) is 282 cm³/mol. The van der Waals surface area contributed by atoms with Gasteiger partial charge in [0, 0.05) is 43.5 Å². The first kappa shape index (κ1) is 40.0. The first-order chi connectivity index (χ1) is 33.2. The van der Waals surface area contributed by atoms with E-state index in [4.69, 9.17) is 15.0 Å². The van der Waals surface area contributed by atoms with Gasteiger partial charge in [-0.3, -0.25) is 0 Å². The summed E-state index contributed by atoms with van der Waals surface area (Å²) in [7, 11) is 0. The van der Waals surface area contributed by atoms with Gasteiger partial charge >= 0.3 is 0 Å². The van der Waals surface area contributed by atoms with E-state index in [9.17, 15) is 0 Å². The van der Waals surface area contributed by atoms with Gasteiger partial charge in [0.15, 0.2) is 5.82 Å². The van der Waals surface area contributed by atoms with E-state index in [2.05, 4.69) is 224 Å². The van der Waals surface area contributed by atoms with E-state index in [0.717, 1.165) is 66.9 Å². The molecule has 0 atom stereocenters. The first-order valence-corrected chi connectivity index (χ1v) is 23.4. The molecular formula is C63H41N3S. The molecule has 0 bridgehead atoms. The zero-order valence-electron chi connectivity index (χ0n) is 36.4. The number of hydrogen-bond acceptors (Lipinski definition) is 4. The van der Waals surface area contributed by atoms with E-state index in [-0.39, 0.29) is 0 Å². The summed E-state index contributed by atoms with van der Waals surface area (Å²) in [5.41, 5.74) is 18.3. The molecular weight excluding hydrogens is 831 g/mol. The maximum Gasteiger partial charge on any atom is 0.160 e. The second-order valence-electron chi connectivity index (χ2n) is 16.7. The Morgan fingerprint density at radius 2 is 0.716 bits per heavy atom. The number of pyridine rings is 1. The van der Waals surface area contributed by atoms with E-state index < -0.39 is 0 Å². The number of benzene rings is 9. The van der Waals surface area contributed by atoms with Crippen molar-refractivity contribution >= 4 is 32.3 Å². The molecule has 4 heteroatoms. The Balaban J connectivity index is 1.08. The van der Waals surface area contributed by atoms with Crippen molar-refractivity contribution in [3.63, 3.8) is 0 Å². The summed E-state index contributed by atoms with van der Waals surface area (Å²) >= 11 is 1.84. The van der Waals surface area contributed by atoms with E-state index in [1.165, 1.54) is 48.3 Å². The second-order valence-corrected chi connectivity index (χ2v) is 17.8. The molecule has 0 fully saturated rings. The van der Waals surface area contributed by atoms with Crippen molar-refractivity contribution in [1.29, 1.82) is 0 Å². The minimum absolute atomic E-state index is 0.699. The molecule has 0 aliphatic carbocycles. The van der Waals surface area contributed by atoms with Crippen LogP contribution in [0.2, 0.25) is 0 Å². The maximum absolute atomic E-state index is 5.40. The van der Waals surface area contributed by atoms with Crippen molar-refractivity contribution in [3.8, 4) is 100 Å². The van der Waals surface area contributed by atoms with Crippen molar-refractivity contribution in [2.75, 3.05) is 0 Å². The summed E-state index contributed by atoms with van der Waals surface area (Å²) < 4.78 is 1.17. The van der Waals surface area contributed by atoms with Crippen LogP contribution in [0.4, 0.5) is 0 Å². The number of thiophene rings is 1. The number of nitrogens with zero attached hydrogens (tertiary/aromatic N) is 3. The quantitative estimate of drug-likeness (QED) is 0.145. The zero-order valence-corrected chi connectivity index (χ0v) is 37.2. The summed E-state index contributed by atoms with van der Waals surface area (Å²) in [6.45, 7) is 0. The second kappa shape index (κ2) is 17.4. The van der Waals surface area contributed by atoms with Crippen LogP contribution in [0.15, 0.2) is 249 Å². The normalized spacial score (nSPS) is 11.3. The van der Waals surface area contributed by atoms with Crippen LogP contribution in [0.3, 0.4) is 0 Å². The molecule has 0 aliphatic rings. The first-order valence-electron chi connectivity index (χ1n) is 22.6. The highest BCUT2D eigenvalue weighted by atomic mass is 32.1. The average Bonchev–Trinajstić information content (AvgIpc) is 3.83. The van der Waals surface area contributed by atoms with Crippen molar-refractivity contribution < 1.29 is 0 Å². The molecule has 0 aliphatic heterocycles. The number of hydrogen-bond donors (Lipinski definition) is 0. The molecule has 0 unspecified atom stereocenters. The molecule has 3 aromatic heterocycles. The monoisotopic (exact) mass is 871 g/mol. The average molecular weight is 872 g/mol. The SMILES string of the molecule is c1ccc(-c2cc(-c3ccccc3)cc(-c3sc4c(-c5ccccc5)nc5ccccc5c4c3-c3cccc(-c4cccc(-c5cc(-c6ccccc6)nc(-c6ccccc6)n5)c4)c3)c2)cc1. The summed E-state index contributed by atoms with van der Waals surface area (Å²) in [6, 6.07) is 88.3. The summed E-state index contributed by atoms with van der Waals surface area (Å²) in [4.78, 5) is 16.8. The van der Waals surface area contributed by atoms with Gasteiger partial charge in [-0.2, -0.15) is 0 Å². The van der Waals surface area contributed by atoms with Gasteiger partial charge in [0.2, 0.25) is 0 Å². The van der Waals surface area contributed by atoms with Gasteiger partial charge in [-0.25, -0.2) is 15.0 Å². The Bertz CT molecular complexity index is 3600. The maximum atomic E-state index is 5.40. The number of para-hydroxylation sites is 1. The van der Waals surface area contributed by atoms with Crippen molar-refractivity contribution in [2.45, 2.75) is 0 Å². The van der Waals surface area contributed by atoms with Crippen LogP contribution in [0.5, 0.6) is 0 Å². The number of fused-ring (bicyclic) bond motifs is 3. The lowest BCUT2D eigenvalue weighted by molar-refractivity contribution is 1.18. The predicted octanol–water partition coefficient (Wildman–Crippen LogP) is 17.2. The molecule has 0 amide bonds. The lowest BCUT2D eigenvalue weighted by Gasteiger charge is -2.14. The summed E-state index contributed by atoms with van der Waals surface area (Å²) in [6.07, 6.45) is 0. The molecule has 314 valence electrons. The molecule has 9 aromatic carbocycles. The van der Waals surface area contributed by atoms with Crippen molar-refractivity contribution in [2.24, 2.45) is 0 Å². The lowest BCUT2D eigenvalue weighted by Crippen LogP contribution is -1.96. The largest absolute Gasteiger partial charge is 0.246 e. The lowest BCUT2D eigenvalue weighted by atomic mass is 9.91. The highest BCUT2D eigenvalue weighted by molar-refractivity contribution is 7.23. The molecule has 0 spiro atoms. The molecule has 67 heavy (non-hydrogen) atoms. The molecule has 0 N–H and O–H groups in total. The van der Waals surface area contributed by atoms with Crippen LogP contribution in [-0.2, 0) is 0 Å². The van der Waals surface area contributed by atoms with Gasteiger partial charge in [0.05, 0.1) is 27.3 Å². The van der Waals surface area contributed by atoms with Gasteiger partial charge in [-0.05, 0) is 87.0 Å². The van der Waals surface area contributed by atoms with Crippen LogP contribution >= 0.6 is 11.3 Å². The van der Waals surface area contributed by atoms with Crippen molar-refractivity contribution in [1.82, 2.24) is 15.0 Å². The third-order valence-electron chi connectivity index (χ3n) is 12.5. The Kier molecular flexibility index (Phi) is 10.4. The van der Waals surface area contributed by atoms with E-state index in [0.29, 0.717) is 5.82 Å². The fourth-order valence-electron chi connectivity index (χ4n) is 9.21. The Hall–Kier alpha value is -8.57. The van der Waals surface area contributed by atoms with Crippen molar-refractivity contribution in [3.05, 3.63) is 249 Å². The van der Waals surface area contributed by atoms with E-state index in [1.807, 2.05) is 35.6 Å². The molecule has 12 rings (SSSR count). The highest BCUT2D eigenvalue weighted by Gasteiger charge is 2.24. The molecule has 12 aromatic rings. The van der Waals surface area contributed by atoms with Gasteiger partial charge in [-0.1, -0.05) is 206 Å². The molecule has 0 saturated carbocycles. The zero-order chi connectivity index (χ0) is 44.5. The van der Waals surface area contributed by atoms with E-state index in [1.54, 1.807) is 0 Å². The number of aromatic nitrogens is 3. The molecule has 0 saturated heterocycles. The smallest absolute Gasteiger partial charge is 0.160 e. The topological polar surface area (TPSA) is 38.7 Å². The third-order valence-corrected chi connectivity index (χ3v) is 13.7. The van der Waals surface area contributed by atoms with Crippen LogP contribution in [0, 0.1) is 0 Å².